The molecule has 0 unspecified atom stereocenters. The monoisotopic (exact) mass is 421 g/mol. The number of hydrogen-bond donors (Lipinski definition) is 0. The van der Waals surface area contributed by atoms with Gasteiger partial charge in [-0.05, 0) is 42.1 Å². The van der Waals surface area contributed by atoms with Crippen LogP contribution in [-0.4, -0.2) is 16.1 Å². The maximum atomic E-state index is 7.85. The molecule has 3 heteroatoms. The zero-order chi connectivity index (χ0) is 24.1. The number of hydrogen-bond acceptors (Lipinski definition) is 0. The molecule has 0 radical (unpaired) electrons. The largest absolute Gasteiger partial charge is 0.212 e. The van der Waals surface area contributed by atoms with Crippen molar-refractivity contribution in [3.05, 3.63) is 65.9 Å². The van der Waals surface area contributed by atoms with Crippen LogP contribution in [0, 0.1) is 13.8 Å². The first-order valence-corrected chi connectivity index (χ1v) is 17.4. The van der Waals surface area contributed by atoms with Crippen LogP contribution in [0.25, 0.3) is 22.4 Å². The van der Waals surface area contributed by atoms with Gasteiger partial charge in [-0.15, -0.1) is 0 Å². The lowest BCUT2D eigenvalue weighted by molar-refractivity contribution is -0.660. The fourth-order valence-corrected chi connectivity index (χ4v) is 6.67. The van der Waals surface area contributed by atoms with Gasteiger partial charge in [0.1, 0.15) is 7.05 Å². The number of nitrogens with zero attached hydrogens (tertiary/aromatic N) is 1. The molecule has 2 aromatic carbocycles. The zero-order valence-electron chi connectivity index (χ0n) is 22.1. The van der Waals surface area contributed by atoms with Crippen molar-refractivity contribution in [2.75, 3.05) is 0 Å². The second-order valence-corrected chi connectivity index (χ2v) is 20.3. The molecular weight excluding hydrogens is 382 g/mol. The number of pyridine rings is 1. The predicted octanol–water partition coefficient (Wildman–Crippen LogP) is 5.55. The highest BCUT2D eigenvalue weighted by Crippen LogP contribution is 2.29. The summed E-state index contributed by atoms with van der Waals surface area (Å²) in [6, 6.07) is 17.3. The Bertz CT molecular complexity index is 1140. The van der Waals surface area contributed by atoms with Crippen LogP contribution < -0.4 is 14.9 Å². The first-order chi connectivity index (χ1) is 14.6. The van der Waals surface area contributed by atoms with Gasteiger partial charge in [0.05, 0.1) is 16.1 Å². The molecule has 0 atom stereocenters. The molecule has 0 saturated carbocycles. The van der Waals surface area contributed by atoms with Crippen LogP contribution in [0.3, 0.4) is 0 Å². The van der Waals surface area contributed by atoms with Gasteiger partial charge in [-0.2, -0.15) is 0 Å². The van der Waals surface area contributed by atoms with Crippen molar-refractivity contribution >= 4 is 26.5 Å². The molecule has 0 amide bonds. The molecule has 1 heterocycles. The van der Waals surface area contributed by atoms with Crippen molar-refractivity contribution in [2.24, 2.45) is 7.05 Å². The minimum absolute atomic E-state index is 0.375. The minimum atomic E-state index is -2.12. The van der Waals surface area contributed by atoms with Gasteiger partial charge in [0.25, 0.3) is 0 Å². The highest BCUT2D eigenvalue weighted by atomic mass is 28.3. The molecule has 0 aliphatic heterocycles. The summed E-state index contributed by atoms with van der Waals surface area (Å²) in [5.74, 6) is 0. The quantitative estimate of drug-likeness (QED) is 0.384. The van der Waals surface area contributed by atoms with E-state index in [-0.39, 0.29) is 0 Å². The predicted molar refractivity (Wildman–Crippen MR) is 134 cm³/mol. The van der Waals surface area contributed by atoms with Crippen molar-refractivity contribution in [1.82, 2.24) is 0 Å². The molecule has 0 aliphatic carbocycles. The Hall–Kier alpha value is -1.98. The summed E-state index contributed by atoms with van der Waals surface area (Å²) in [6.07, 6.45) is 1.85. The SMILES string of the molecule is [2H]C([2H])([2H])c1cc[n+](C)c(-c2cc(-c3ccc([Si](C)(C)C)cc3)c([Si](C)(C)C)cc2C)c1. The summed E-state index contributed by atoms with van der Waals surface area (Å²) < 4.78 is 25.6. The minimum Gasteiger partial charge on any atom is -0.201 e. The third kappa shape index (κ3) is 4.62. The molecule has 0 N–H and O–H groups in total. The van der Waals surface area contributed by atoms with E-state index in [0.29, 0.717) is 5.56 Å². The Labute approximate surface area is 183 Å². The molecule has 3 rings (SSSR count). The summed E-state index contributed by atoms with van der Waals surface area (Å²) in [6.45, 7) is 14.3. The Balaban J connectivity index is 2.26. The van der Waals surface area contributed by atoms with Gasteiger partial charge in [0.2, 0.25) is 5.69 Å². The second kappa shape index (κ2) is 7.69. The lowest BCUT2D eigenvalue weighted by Gasteiger charge is -2.24. The molecule has 1 aromatic heterocycles. The number of rotatable bonds is 4. The van der Waals surface area contributed by atoms with E-state index in [2.05, 4.69) is 82.6 Å². The zero-order valence-corrected chi connectivity index (χ0v) is 21.1. The molecule has 3 aromatic rings. The van der Waals surface area contributed by atoms with E-state index in [1.54, 1.807) is 6.07 Å². The van der Waals surface area contributed by atoms with Gasteiger partial charge in [-0.25, -0.2) is 4.57 Å². The van der Waals surface area contributed by atoms with Crippen LogP contribution in [0.15, 0.2) is 54.7 Å². The number of benzene rings is 2. The average molecular weight is 422 g/mol. The lowest BCUT2D eigenvalue weighted by atomic mass is 9.96. The molecule has 0 saturated heterocycles. The Kier molecular flexibility index (Phi) is 4.73. The van der Waals surface area contributed by atoms with Crippen LogP contribution >= 0.6 is 0 Å². The second-order valence-electron chi connectivity index (χ2n) is 10.2. The summed E-state index contributed by atoms with van der Waals surface area (Å²) >= 11 is 0. The third-order valence-electron chi connectivity index (χ3n) is 5.66. The summed E-state index contributed by atoms with van der Waals surface area (Å²) in [5, 5.41) is 2.90. The first-order valence-electron chi connectivity index (χ1n) is 11.9. The summed E-state index contributed by atoms with van der Waals surface area (Å²) in [7, 11) is -0.989. The van der Waals surface area contributed by atoms with Crippen LogP contribution in [0.4, 0.5) is 0 Å². The standard InChI is InChI=1S/C26H36NSi2/c1-19-14-15-27(3)25(16-19)23-18-24(26(17-20(23)2)29(7,8)9)21-10-12-22(13-11-21)28(4,5)6/h10-18H,1-9H3/q+1/i1D3. The van der Waals surface area contributed by atoms with Gasteiger partial charge in [-0.1, -0.05) is 80.0 Å². The smallest absolute Gasteiger partial charge is 0.201 e. The number of aryl methyl sites for hydroxylation is 3. The fourth-order valence-electron chi connectivity index (χ4n) is 3.83. The molecule has 0 bridgehead atoms. The third-order valence-corrected chi connectivity index (χ3v) is 9.76. The molecule has 0 spiro atoms. The van der Waals surface area contributed by atoms with E-state index in [0.717, 1.165) is 11.3 Å². The van der Waals surface area contributed by atoms with Crippen LogP contribution in [-0.2, 0) is 7.05 Å². The van der Waals surface area contributed by atoms with E-state index in [9.17, 15) is 0 Å². The van der Waals surface area contributed by atoms with Crippen LogP contribution in [0.2, 0.25) is 39.3 Å². The van der Waals surface area contributed by atoms with Gasteiger partial charge < -0.3 is 0 Å². The Morgan fingerprint density at radius 2 is 1.45 bits per heavy atom. The van der Waals surface area contributed by atoms with E-state index in [4.69, 9.17) is 4.11 Å². The molecule has 152 valence electrons. The van der Waals surface area contributed by atoms with Crippen molar-refractivity contribution in [2.45, 2.75) is 53.1 Å². The highest BCUT2D eigenvalue weighted by Gasteiger charge is 2.25. The maximum Gasteiger partial charge on any atom is 0.212 e. The Morgan fingerprint density at radius 3 is 2.00 bits per heavy atom. The van der Waals surface area contributed by atoms with Gasteiger partial charge >= 0.3 is 0 Å². The normalized spacial score (nSPS) is 14.3. The maximum absolute atomic E-state index is 7.85. The van der Waals surface area contributed by atoms with E-state index in [1.165, 1.54) is 27.1 Å². The topological polar surface area (TPSA) is 3.88 Å². The average Bonchev–Trinajstić information content (AvgIpc) is 2.66. The highest BCUT2D eigenvalue weighted by molar-refractivity contribution is 6.90. The first kappa shape index (κ1) is 17.8. The lowest BCUT2D eigenvalue weighted by Crippen LogP contribution is -2.40. The van der Waals surface area contributed by atoms with Crippen molar-refractivity contribution in [3.63, 3.8) is 0 Å². The fraction of sp³-hybridized carbons (Fsp3) is 0.346. The number of aromatic nitrogens is 1. The van der Waals surface area contributed by atoms with Gasteiger partial charge in [0.15, 0.2) is 6.20 Å². The van der Waals surface area contributed by atoms with Crippen LogP contribution in [0.5, 0.6) is 0 Å². The van der Waals surface area contributed by atoms with Gasteiger partial charge in [-0.3, -0.25) is 0 Å². The molecule has 29 heavy (non-hydrogen) atoms. The van der Waals surface area contributed by atoms with Crippen LogP contribution in [0.1, 0.15) is 15.2 Å². The van der Waals surface area contributed by atoms with Crippen molar-refractivity contribution < 1.29 is 8.68 Å². The van der Waals surface area contributed by atoms with E-state index >= 15 is 0 Å². The molecule has 0 fully saturated rings. The molecule has 0 aliphatic rings. The van der Waals surface area contributed by atoms with Crippen molar-refractivity contribution in [1.29, 1.82) is 0 Å². The van der Waals surface area contributed by atoms with Crippen molar-refractivity contribution in [3.8, 4) is 22.4 Å². The van der Waals surface area contributed by atoms with E-state index < -0.39 is 23.0 Å². The van der Waals surface area contributed by atoms with Gasteiger partial charge in [0, 0.05) is 21.8 Å². The summed E-state index contributed by atoms with van der Waals surface area (Å²) in [5.41, 5.74) is 6.08. The van der Waals surface area contributed by atoms with E-state index in [1.807, 2.05) is 23.9 Å². The molecular formula is C26H36NSi2+. The Morgan fingerprint density at radius 1 is 0.793 bits per heavy atom. The molecule has 1 nitrogen and oxygen atoms in total. The summed E-state index contributed by atoms with van der Waals surface area (Å²) in [4.78, 5) is 0.